The summed E-state index contributed by atoms with van der Waals surface area (Å²) in [6, 6.07) is 0. The molecular formula is C11H18N4O2S. The van der Waals surface area contributed by atoms with Crippen molar-refractivity contribution < 1.29 is 9.53 Å². The van der Waals surface area contributed by atoms with Crippen molar-refractivity contribution >= 4 is 23.5 Å². The number of rotatable bonds is 4. The zero-order valence-electron chi connectivity index (χ0n) is 11.0. The Hall–Kier alpha value is -1.34. The van der Waals surface area contributed by atoms with E-state index in [9.17, 15) is 4.79 Å². The van der Waals surface area contributed by atoms with Gasteiger partial charge in [0, 0.05) is 5.56 Å². The van der Waals surface area contributed by atoms with E-state index in [1.807, 2.05) is 27.7 Å². The van der Waals surface area contributed by atoms with Crippen LogP contribution in [0.25, 0.3) is 0 Å². The average Bonchev–Trinajstić information content (AvgIpc) is 2.25. The third kappa shape index (κ3) is 4.50. The predicted octanol–water partition coefficient (Wildman–Crippen LogP) is 1.50. The Kier molecular flexibility index (Phi) is 4.92. The van der Waals surface area contributed by atoms with Gasteiger partial charge in [0.25, 0.3) is 0 Å². The van der Waals surface area contributed by atoms with Crippen LogP contribution in [0.3, 0.4) is 0 Å². The van der Waals surface area contributed by atoms with Crippen LogP contribution in [0.15, 0.2) is 11.4 Å². The average molecular weight is 270 g/mol. The second-order valence-corrected chi connectivity index (χ2v) is 5.64. The number of carbonyl (C=O) groups is 1. The van der Waals surface area contributed by atoms with Crippen molar-refractivity contribution in [3.05, 3.63) is 11.9 Å². The molecule has 0 fully saturated rings. The molecule has 0 aliphatic carbocycles. The molecular weight excluding hydrogens is 252 g/mol. The van der Waals surface area contributed by atoms with Gasteiger partial charge in [-0.1, -0.05) is 11.8 Å². The molecule has 0 radical (unpaired) electrons. The molecule has 0 saturated carbocycles. The minimum absolute atomic E-state index is 0.207. The molecule has 100 valence electrons. The number of anilines is 1. The van der Waals surface area contributed by atoms with E-state index < -0.39 is 5.60 Å². The molecule has 0 bridgehead atoms. The summed E-state index contributed by atoms with van der Waals surface area (Å²) >= 11 is 1.30. The van der Waals surface area contributed by atoms with Gasteiger partial charge in [-0.25, -0.2) is 15.8 Å². The van der Waals surface area contributed by atoms with Crippen molar-refractivity contribution in [2.24, 2.45) is 5.84 Å². The van der Waals surface area contributed by atoms with Crippen LogP contribution in [0, 0.1) is 6.92 Å². The lowest BCUT2D eigenvalue weighted by atomic mass is 10.2. The summed E-state index contributed by atoms with van der Waals surface area (Å²) in [5, 5.41) is 0.712. The van der Waals surface area contributed by atoms with E-state index in [1.165, 1.54) is 18.1 Å². The maximum Gasteiger partial charge on any atom is 0.316 e. The summed E-state index contributed by atoms with van der Waals surface area (Å²) in [6.07, 6.45) is 1.40. The Morgan fingerprint density at radius 1 is 1.50 bits per heavy atom. The lowest BCUT2D eigenvalue weighted by Gasteiger charge is -2.19. The number of ether oxygens (including phenoxy) is 1. The van der Waals surface area contributed by atoms with Gasteiger partial charge in [0.2, 0.25) is 0 Å². The molecule has 0 saturated heterocycles. The van der Waals surface area contributed by atoms with Crippen molar-refractivity contribution in [1.82, 2.24) is 9.97 Å². The van der Waals surface area contributed by atoms with Crippen molar-refractivity contribution in [2.75, 3.05) is 11.2 Å². The van der Waals surface area contributed by atoms with Crippen molar-refractivity contribution in [3.63, 3.8) is 0 Å². The highest BCUT2D eigenvalue weighted by atomic mass is 32.2. The Balaban J connectivity index is 2.61. The van der Waals surface area contributed by atoms with Crippen LogP contribution in [0.5, 0.6) is 0 Å². The van der Waals surface area contributed by atoms with Crippen LogP contribution in [-0.2, 0) is 9.53 Å². The highest BCUT2D eigenvalue weighted by Crippen LogP contribution is 2.23. The fourth-order valence-corrected chi connectivity index (χ4v) is 1.97. The highest BCUT2D eigenvalue weighted by molar-refractivity contribution is 7.99. The lowest BCUT2D eigenvalue weighted by Crippen LogP contribution is -2.25. The van der Waals surface area contributed by atoms with Crippen molar-refractivity contribution in [3.8, 4) is 0 Å². The minimum Gasteiger partial charge on any atom is -0.459 e. The van der Waals surface area contributed by atoms with Crippen LogP contribution in [0.1, 0.15) is 26.3 Å². The van der Waals surface area contributed by atoms with Gasteiger partial charge in [0.15, 0.2) is 0 Å². The Morgan fingerprint density at radius 3 is 2.72 bits per heavy atom. The number of hydrogen-bond donors (Lipinski definition) is 2. The number of carbonyl (C=O) groups excluding carboxylic acids is 1. The van der Waals surface area contributed by atoms with Gasteiger partial charge < -0.3 is 10.2 Å². The number of nitrogen functional groups attached to an aromatic ring is 1. The first-order valence-corrected chi connectivity index (χ1v) is 6.45. The number of nitrogens with one attached hydrogen (secondary N) is 1. The number of nitrogens with two attached hydrogens (primary N) is 1. The van der Waals surface area contributed by atoms with Gasteiger partial charge in [-0.2, -0.15) is 0 Å². The second kappa shape index (κ2) is 6.01. The molecule has 0 aliphatic heterocycles. The van der Waals surface area contributed by atoms with Crippen LogP contribution in [0.4, 0.5) is 5.82 Å². The van der Waals surface area contributed by atoms with E-state index in [0.717, 1.165) is 5.56 Å². The molecule has 0 atom stereocenters. The van der Waals surface area contributed by atoms with Crippen molar-refractivity contribution in [2.45, 2.75) is 38.3 Å². The van der Waals surface area contributed by atoms with E-state index >= 15 is 0 Å². The molecule has 1 heterocycles. The molecule has 1 aromatic rings. The molecule has 0 aromatic carbocycles. The van der Waals surface area contributed by atoms with E-state index in [4.69, 9.17) is 10.6 Å². The summed E-state index contributed by atoms with van der Waals surface area (Å²) in [7, 11) is 0. The third-order valence-electron chi connectivity index (χ3n) is 1.92. The molecule has 6 nitrogen and oxygen atoms in total. The minimum atomic E-state index is -0.470. The lowest BCUT2D eigenvalue weighted by molar-refractivity contribution is -0.151. The standard InChI is InChI=1S/C11H18N4O2S/c1-7-9(15-12)13-6-14-10(7)18-5-8(16)17-11(2,3)4/h6H,5,12H2,1-4H3,(H,13,14,15). The Labute approximate surface area is 111 Å². The van der Waals surface area contributed by atoms with Crippen LogP contribution < -0.4 is 11.3 Å². The Bertz CT molecular complexity index is 432. The molecule has 18 heavy (non-hydrogen) atoms. The zero-order valence-corrected chi connectivity index (χ0v) is 11.8. The molecule has 3 N–H and O–H groups in total. The van der Waals surface area contributed by atoms with Gasteiger partial charge in [0.1, 0.15) is 22.8 Å². The number of aromatic nitrogens is 2. The monoisotopic (exact) mass is 270 g/mol. The summed E-state index contributed by atoms with van der Waals surface area (Å²) in [4.78, 5) is 19.6. The number of hydrogen-bond acceptors (Lipinski definition) is 7. The fourth-order valence-electron chi connectivity index (χ4n) is 1.22. The largest absolute Gasteiger partial charge is 0.459 e. The summed E-state index contributed by atoms with van der Waals surface area (Å²) in [5.74, 6) is 5.81. The van der Waals surface area contributed by atoms with Gasteiger partial charge >= 0.3 is 5.97 Å². The van der Waals surface area contributed by atoms with E-state index in [-0.39, 0.29) is 11.7 Å². The number of esters is 1. The van der Waals surface area contributed by atoms with Crippen LogP contribution in [0.2, 0.25) is 0 Å². The predicted molar refractivity (Wildman–Crippen MR) is 71.1 cm³/mol. The number of nitrogens with zero attached hydrogens (tertiary/aromatic N) is 2. The fraction of sp³-hybridized carbons (Fsp3) is 0.545. The van der Waals surface area contributed by atoms with Crippen LogP contribution in [-0.4, -0.2) is 27.3 Å². The van der Waals surface area contributed by atoms with E-state index in [1.54, 1.807) is 0 Å². The number of hydrazine groups is 1. The number of thioether (sulfide) groups is 1. The zero-order chi connectivity index (χ0) is 13.8. The maximum absolute atomic E-state index is 11.6. The molecule has 1 rings (SSSR count). The molecule has 0 spiro atoms. The van der Waals surface area contributed by atoms with Crippen LogP contribution >= 0.6 is 11.8 Å². The highest BCUT2D eigenvalue weighted by Gasteiger charge is 2.17. The molecule has 0 amide bonds. The smallest absolute Gasteiger partial charge is 0.316 e. The molecule has 0 aliphatic rings. The molecule has 1 aromatic heterocycles. The summed E-state index contributed by atoms with van der Waals surface area (Å²) in [6.45, 7) is 7.35. The Morgan fingerprint density at radius 2 is 2.17 bits per heavy atom. The molecule has 0 unspecified atom stereocenters. The van der Waals surface area contributed by atoms with Crippen molar-refractivity contribution in [1.29, 1.82) is 0 Å². The van der Waals surface area contributed by atoms with Gasteiger partial charge in [-0.05, 0) is 27.7 Å². The second-order valence-electron chi connectivity index (χ2n) is 4.67. The maximum atomic E-state index is 11.6. The van der Waals surface area contributed by atoms with E-state index in [0.29, 0.717) is 10.8 Å². The van der Waals surface area contributed by atoms with Gasteiger partial charge in [-0.15, -0.1) is 0 Å². The summed E-state index contributed by atoms with van der Waals surface area (Å²) in [5.41, 5.74) is 2.82. The first-order valence-electron chi connectivity index (χ1n) is 5.46. The third-order valence-corrected chi connectivity index (χ3v) is 2.99. The first kappa shape index (κ1) is 14.7. The van der Waals surface area contributed by atoms with Gasteiger partial charge in [0.05, 0.1) is 5.75 Å². The SMILES string of the molecule is Cc1c(NN)ncnc1SCC(=O)OC(C)(C)C. The first-order chi connectivity index (χ1) is 8.33. The van der Waals surface area contributed by atoms with E-state index in [2.05, 4.69) is 15.4 Å². The summed E-state index contributed by atoms with van der Waals surface area (Å²) < 4.78 is 5.21. The molecule has 7 heteroatoms. The topological polar surface area (TPSA) is 90.1 Å². The quantitative estimate of drug-likeness (QED) is 0.282. The normalized spacial score (nSPS) is 11.2. The van der Waals surface area contributed by atoms with Gasteiger partial charge in [-0.3, -0.25) is 4.79 Å².